The molecule has 1 atom stereocenters. The van der Waals surface area contributed by atoms with E-state index in [1.165, 1.54) is 5.56 Å². The predicted molar refractivity (Wildman–Crippen MR) is 93.8 cm³/mol. The molecular formula is C19H22N4O2. The Morgan fingerprint density at radius 3 is 2.84 bits per heavy atom. The smallest absolute Gasteiger partial charge is 0.151 e. The molecule has 2 aromatic heterocycles. The molecule has 4 rings (SSSR count). The molecular weight excluding hydrogens is 316 g/mol. The lowest BCUT2D eigenvalue weighted by molar-refractivity contribution is 0.184. The third-order valence-corrected chi connectivity index (χ3v) is 5.06. The second kappa shape index (κ2) is 6.46. The fraction of sp³-hybridized carbons (Fsp3) is 0.368. The van der Waals surface area contributed by atoms with Crippen LogP contribution in [0.25, 0.3) is 11.3 Å². The second-order valence-corrected chi connectivity index (χ2v) is 6.85. The van der Waals surface area contributed by atoms with Crippen LogP contribution in [0.3, 0.4) is 0 Å². The number of hydrogen-bond donors (Lipinski definition) is 1. The Morgan fingerprint density at radius 2 is 2.12 bits per heavy atom. The van der Waals surface area contributed by atoms with Crippen LogP contribution in [0.5, 0.6) is 0 Å². The number of aromatic nitrogens is 3. The van der Waals surface area contributed by atoms with E-state index in [1.54, 1.807) is 10.9 Å². The minimum absolute atomic E-state index is 0.158. The summed E-state index contributed by atoms with van der Waals surface area (Å²) in [6.45, 7) is 2.60. The molecule has 1 aliphatic heterocycles. The molecule has 6 heteroatoms. The summed E-state index contributed by atoms with van der Waals surface area (Å²) in [5, 5.41) is 18.4. The van der Waals surface area contributed by atoms with E-state index >= 15 is 0 Å². The van der Waals surface area contributed by atoms with E-state index in [0.717, 1.165) is 36.5 Å². The first-order chi connectivity index (χ1) is 12.2. The molecule has 0 bridgehead atoms. The van der Waals surface area contributed by atoms with E-state index in [-0.39, 0.29) is 12.0 Å². The number of aliphatic hydroxyl groups excluding tert-OH is 1. The van der Waals surface area contributed by atoms with Crippen molar-refractivity contribution >= 4 is 0 Å². The third-order valence-electron chi connectivity index (χ3n) is 5.06. The van der Waals surface area contributed by atoms with Crippen LogP contribution in [0.1, 0.15) is 17.7 Å². The summed E-state index contributed by atoms with van der Waals surface area (Å²) in [6, 6.07) is 12.3. The van der Waals surface area contributed by atoms with Gasteiger partial charge in [0.15, 0.2) is 5.76 Å². The molecule has 1 unspecified atom stereocenters. The summed E-state index contributed by atoms with van der Waals surface area (Å²) in [7, 11) is 1.88. The molecule has 3 aromatic rings. The number of hydrogen-bond acceptors (Lipinski definition) is 5. The molecule has 0 radical (unpaired) electrons. The molecule has 0 amide bonds. The molecule has 1 aliphatic rings. The second-order valence-electron chi connectivity index (χ2n) is 6.85. The predicted octanol–water partition coefficient (Wildman–Crippen LogP) is 2.21. The van der Waals surface area contributed by atoms with Crippen molar-refractivity contribution in [2.45, 2.75) is 18.4 Å². The molecule has 1 fully saturated rings. The van der Waals surface area contributed by atoms with Crippen LogP contribution in [0.2, 0.25) is 0 Å². The summed E-state index contributed by atoms with van der Waals surface area (Å²) >= 11 is 0. The van der Waals surface area contributed by atoms with Gasteiger partial charge in [-0.05, 0) is 18.5 Å². The Bertz CT molecular complexity index is 842. The fourth-order valence-electron chi connectivity index (χ4n) is 3.64. The molecule has 6 nitrogen and oxygen atoms in total. The van der Waals surface area contributed by atoms with Crippen LogP contribution in [-0.2, 0) is 19.0 Å². The Hall–Kier alpha value is -2.44. The quantitative estimate of drug-likeness (QED) is 0.772. The number of benzene rings is 1. The van der Waals surface area contributed by atoms with Gasteiger partial charge >= 0.3 is 0 Å². The van der Waals surface area contributed by atoms with E-state index in [9.17, 15) is 5.11 Å². The first kappa shape index (κ1) is 16.1. The Kier molecular flexibility index (Phi) is 4.15. The number of likely N-dealkylation sites (tertiary alicyclic amines) is 1. The van der Waals surface area contributed by atoms with Crippen molar-refractivity contribution in [3.63, 3.8) is 0 Å². The van der Waals surface area contributed by atoms with Crippen molar-refractivity contribution in [3.8, 4) is 11.3 Å². The maximum atomic E-state index is 10.0. The molecule has 130 valence electrons. The van der Waals surface area contributed by atoms with E-state index in [0.29, 0.717) is 6.54 Å². The Morgan fingerprint density at radius 1 is 1.28 bits per heavy atom. The molecule has 3 heterocycles. The van der Waals surface area contributed by atoms with Gasteiger partial charge in [0.25, 0.3) is 0 Å². The lowest BCUT2D eigenvalue weighted by Crippen LogP contribution is -2.34. The minimum atomic E-state index is -0.187. The maximum absolute atomic E-state index is 10.0. The van der Waals surface area contributed by atoms with Gasteiger partial charge in [0.2, 0.25) is 0 Å². The van der Waals surface area contributed by atoms with E-state index in [1.807, 2.05) is 37.5 Å². The Labute approximate surface area is 146 Å². The number of aliphatic hydroxyl groups is 1. The summed E-state index contributed by atoms with van der Waals surface area (Å²) < 4.78 is 7.26. The highest BCUT2D eigenvalue weighted by Crippen LogP contribution is 2.35. The average Bonchev–Trinajstić information content (AvgIpc) is 3.36. The molecule has 0 spiro atoms. The van der Waals surface area contributed by atoms with Crippen molar-refractivity contribution < 1.29 is 9.63 Å². The van der Waals surface area contributed by atoms with Gasteiger partial charge in [0, 0.05) is 36.8 Å². The van der Waals surface area contributed by atoms with E-state index < -0.39 is 0 Å². The zero-order valence-electron chi connectivity index (χ0n) is 14.3. The molecule has 1 aromatic carbocycles. The highest BCUT2D eigenvalue weighted by Gasteiger charge is 2.39. The van der Waals surface area contributed by atoms with Crippen molar-refractivity contribution in [2.75, 3.05) is 19.7 Å². The first-order valence-electron chi connectivity index (χ1n) is 8.52. The highest BCUT2D eigenvalue weighted by molar-refractivity contribution is 5.56. The maximum Gasteiger partial charge on any atom is 0.151 e. The molecule has 25 heavy (non-hydrogen) atoms. The molecule has 0 aliphatic carbocycles. The van der Waals surface area contributed by atoms with Gasteiger partial charge < -0.3 is 9.63 Å². The van der Waals surface area contributed by atoms with Crippen molar-refractivity contribution in [1.29, 1.82) is 0 Å². The summed E-state index contributed by atoms with van der Waals surface area (Å²) in [5.41, 5.74) is 2.77. The van der Waals surface area contributed by atoms with Gasteiger partial charge in [-0.3, -0.25) is 9.58 Å². The van der Waals surface area contributed by atoms with Crippen LogP contribution < -0.4 is 0 Å². The summed E-state index contributed by atoms with van der Waals surface area (Å²) in [6.07, 6.45) is 4.64. The van der Waals surface area contributed by atoms with Crippen LogP contribution in [-0.4, -0.2) is 44.6 Å². The zero-order chi connectivity index (χ0) is 17.3. The van der Waals surface area contributed by atoms with Gasteiger partial charge in [-0.25, -0.2) is 0 Å². The summed E-state index contributed by atoms with van der Waals surface area (Å²) in [5.74, 6) is 0.834. The highest BCUT2D eigenvalue weighted by atomic mass is 16.5. The van der Waals surface area contributed by atoms with Gasteiger partial charge in [-0.15, -0.1) is 0 Å². The Balaban J connectivity index is 1.47. The summed E-state index contributed by atoms with van der Waals surface area (Å²) in [4.78, 5) is 2.32. The van der Waals surface area contributed by atoms with Gasteiger partial charge in [0.05, 0.1) is 19.3 Å². The van der Waals surface area contributed by atoms with Crippen molar-refractivity contribution in [3.05, 3.63) is 60.1 Å². The van der Waals surface area contributed by atoms with Crippen molar-refractivity contribution in [1.82, 2.24) is 19.8 Å². The van der Waals surface area contributed by atoms with E-state index in [2.05, 4.69) is 27.3 Å². The SMILES string of the molecule is Cn1cc(-c2cc(CN3CCC(CO)(c4ccccc4)C3)on2)cn1. The van der Waals surface area contributed by atoms with Crippen LogP contribution in [0, 0.1) is 0 Å². The van der Waals surface area contributed by atoms with Gasteiger partial charge in [0.1, 0.15) is 5.69 Å². The lowest BCUT2D eigenvalue weighted by Gasteiger charge is -2.27. The fourth-order valence-corrected chi connectivity index (χ4v) is 3.64. The third kappa shape index (κ3) is 3.10. The number of aryl methyl sites for hydroxylation is 1. The molecule has 1 N–H and O–H groups in total. The largest absolute Gasteiger partial charge is 0.395 e. The molecule has 0 saturated carbocycles. The normalized spacial score (nSPS) is 21.0. The topological polar surface area (TPSA) is 67.3 Å². The zero-order valence-corrected chi connectivity index (χ0v) is 14.3. The van der Waals surface area contributed by atoms with Gasteiger partial charge in [-0.1, -0.05) is 35.5 Å². The number of rotatable bonds is 5. The van der Waals surface area contributed by atoms with Crippen LogP contribution in [0.15, 0.2) is 53.3 Å². The number of nitrogens with zero attached hydrogens (tertiary/aromatic N) is 4. The van der Waals surface area contributed by atoms with Crippen molar-refractivity contribution in [2.24, 2.45) is 7.05 Å². The minimum Gasteiger partial charge on any atom is -0.395 e. The van der Waals surface area contributed by atoms with E-state index in [4.69, 9.17) is 4.52 Å². The van der Waals surface area contributed by atoms with Gasteiger partial charge in [-0.2, -0.15) is 5.10 Å². The average molecular weight is 338 g/mol. The van der Waals surface area contributed by atoms with Crippen LogP contribution in [0.4, 0.5) is 0 Å². The lowest BCUT2D eigenvalue weighted by atomic mass is 9.80. The monoisotopic (exact) mass is 338 g/mol. The standard InChI is InChI=1S/C19H22N4O2/c1-22-11-15(10-20-22)18-9-17(25-21-18)12-23-8-7-19(13-23,14-24)16-5-3-2-4-6-16/h2-6,9-11,24H,7-8,12-14H2,1H3. The first-order valence-corrected chi connectivity index (χ1v) is 8.52. The molecule has 1 saturated heterocycles. The van der Waals surface area contributed by atoms with Crippen LogP contribution >= 0.6 is 0 Å².